The fourth-order valence-electron chi connectivity index (χ4n) is 3.07. The van der Waals surface area contributed by atoms with Gasteiger partial charge in [0.1, 0.15) is 11.1 Å². The largest absolute Gasteiger partial charge is 0.490 e. The number of nitrogens with zero attached hydrogens (tertiary/aromatic N) is 2. The van der Waals surface area contributed by atoms with E-state index in [4.69, 9.17) is 14.6 Å². The zero-order valence-electron chi connectivity index (χ0n) is 14.0. The lowest BCUT2D eigenvalue weighted by Crippen LogP contribution is -2.47. The molecule has 11 heteroatoms. The first-order valence-electron chi connectivity index (χ1n) is 8.02. The molecule has 26 heavy (non-hydrogen) atoms. The summed E-state index contributed by atoms with van der Waals surface area (Å²) in [6.07, 6.45) is -0.415. The zero-order valence-corrected chi connectivity index (χ0v) is 14.8. The van der Waals surface area contributed by atoms with Crippen LogP contribution in [0.3, 0.4) is 0 Å². The first-order valence-corrected chi connectivity index (χ1v) is 8.90. The molecule has 0 unspecified atom stereocenters. The maximum Gasteiger partial charge on any atom is 0.490 e. The summed E-state index contributed by atoms with van der Waals surface area (Å²) in [5.74, 6) is -2.75. The Morgan fingerprint density at radius 1 is 1.42 bits per heavy atom. The second kappa shape index (κ2) is 8.78. The number of aromatic nitrogens is 1. The number of hydrogen-bond acceptors (Lipinski definition) is 6. The van der Waals surface area contributed by atoms with E-state index in [-0.39, 0.29) is 18.1 Å². The molecule has 3 rings (SSSR count). The van der Waals surface area contributed by atoms with Gasteiger partial charge in [-0.05, 0) is 19.3 Å². The number of fused-ring (bicyclic) bond motifs is 1. The smallest absolute Gasteiger partial charge is 0.475 e. The van der Waals surface area contributed by atoms with Crippen LogP contribution in [0.15, 0.2) is 11.6 Å². The molecule has 3 heterocycles. The van der Waals surface area contributed by atoms with Crippen molar-refractivity contribution in [2.45, 2.75) is 50.2 Å². The number of carbonyl (C=O) groups is 2. The standard InChI is InChI=1S/C13H19N3O2S.C2HF3O2/c1-14-13(17)11-3-2-9-10(18-11)4-6-16(9)8-12-15-5-7-19-12;3-2(4,5)1(6)7/h5,7,9-11H,2-4,6,8H2,1H3,(H,14,17);(H,6,7)/t9-,10-,11+;/m1./s1. The number of thiazole rings is 1. The number of aliphatic carboxylic acids is 1. The van der Waals surface area contributed by atoms with Crippen molar-refractivity contribution in [2.24, 2.45) is 0 Å². The van der Waals surface area contributed by atoms with Gasteiger partial charge in [-0.25, -0.2) is 9.78 Å². The topological polar surface area (TPSA) is 91.8 Å². The molecule has 1 aromatic rings. The average Bonchev–Trinajstić information content (AvgIpc) is 3.24. The highest BCUT2D eigenvalue weighted by molar-refractivity contribution is 7.09. The van der Waals surface area contributed by atoms with Crippen LogP contribution >= 0.6 is 11.3 Å². The number of carboxylic acid groups (broad SMARTS) is 1. The highest BCUT2D eigenvalue weighted by atomic mass is 32.1. The summed E-state index contributed by atoms with van der Waals surface area (Å²) in [6, 6.07) is 0.449. The Labute approximate surface area is 152 Å². The van der Waals surface area contributed by atoms with Crippen LogP contribution in [0, 0.1) is 0 Å². The van der Waals surface area contributed by atoms with Gasteiger partial charge in [-0.1, -0.05) is 0 Å². The molecule has 0 saturated carbocycles. The number of ether oxygens (including phenoxy) is 1. The molecule has 7 nitrogen and oxygen atoms in total. The molecular formula is C15H20F3N3O4S. The second-order valence-electron chi connectivity index (χ2n) is 5.91. The summed E-state index contributed by atoms with van der Waals surface area (Å²) in [5.41, 5.74) is 0. The normalized spacial score (nSPS) is 25.8. The number of carboxylic acids is 1. The Bertz CT molecular complexity index is 612. The average molecular weight is 395 g/mol. The predicted molar refractivity (Wildman–Crippen MR) is 86.6 cm³/mol. The molecule has 0 aromatic carbocycles. The lowest BCUT2D eigenvalue weighted by atomic mass is 9.98. The molecule has 146 valence electrons. The summed E-state index contributed by atoms with van der Waals surface area (Å²) < 4.78 is 37.7. The lowest BCUT2D eigenvalue weighted by Gasteiger charge is -2.35. The van der Waals surface area contributed by atoms with Gasteiger partial charge in [0.05, 0.1) is 12.6 Å². The van der Waals surface area contributed by atoms with Gasteiger partial charge in [-0.2, -0.15) is 13.2 Å². The fraction of sp³-hybridized carbons (Fsp3) is 0.667. The third kappa shape index (κ3) is 5.39. The Balaban J connectivity index is 0.000000298. The molecular weight excluding hydrogens is 375 g/mol. The van der Waals surface area contributed by atoms with Gasteiger partial charge in [-0.3, -0.25) is 9.69 Å². The molecule has 2 N–H and O–H groups in total. The maximum absolute atomic E-state index is 11.6. The molecule has 0 spiro atoms. The minimum Gasteiger partial charge on any atom is -0.475 e. The fourth-order valence-corrected chi connectivity index (χ4v) is 3.71. The number of alkyl halides is 3. The van der Waals surface area contributed by atoms with E-state index < -0.39 is 12.1 Å². The van der Waals surface area contributed by atoms with E-state index in [2.05, 4.69) is 15.2 Å². The van der Waals surface area contributed by atoms with E-state index in [1.165, 1.54) is 0 Å². The highest BCUT2D eigenvalue weighted by Gasteiger charge is 2.41. The van der Waals surface area contributed by atoms with Crippen molar-refractivity contribution in [3.8, 4) is 0 Å². The molecule has 2 saturated heterocycles. The number of likely N-dealkylation sites (N-methyl/N-ethyl adjacent to an activating group) is 1. The number of likely N-dealkylation sites (tertiary alicyclic amines) is 1. The molecule has 0 bridgehead atoms. The van der Waals surface area contributed by atoms with Crippen LogP contribution in [0.1, 0.15) is 24.3 Å². The molecule has 2 aliphatic rings. The van der Waals surface area contributed by atoms with Gasteiger partial charge in [0.2, 0.25) is 5.91 Å². The Hall–Kier alpha value is -1.72. The van der Waals surface area contributed by atoms with Crippen molar-refractivity contribution in [2.75, 3.05) is 13.6 Å². The van der Waals surface area contributed by atoms with E-state index in [1.807, 2.05) is 11.6 Å². The van der Waals surface area contributed by atoms with Crippen molar-refractivity contribution in [3.05, 3.63) is 16.6 Å². The van der Waals surface area contributed by atoms with Gasteiger partial charge in [0, 0.05) is 31.2 Å². The molecule has 2 fully saturated rings. The number of rotatable bonds is 3. The van der Waals surface area contributed by atoms with Crippen molar-refractivity contribution < 1.29 is 32.6 Å². The first kappa shape index (κ1) is 20.6. The van der Waals surface area contributed by atoms with E-state index in [9.17, 15) is 18.0 Å². The van der Waals surface area contributed by atoms with Crippen LogP contribution in [0.25, 0.3) is 0 Å². The molecule has 3 atom stereocenters. The number of carbonyl (C=O) groups excluding carboxylic acids is 1. The Morgan fingerprint density at radius 2 is 2.12 bits per heavy atom. The predicted octanol–water partition coefficient (Wildman–Crippen LogP) is 1.64. The van der Waals surface area contributed by atoms with Crippen LogP contribution in [-0.4, -0.2) is 64.9 Å². The number of amides is 1. The quantitative estimate of drug-likeness (QED) is 0.809. The lowest BCUT2D eigenvalue weighted by molar-refractivity contribution is -0.192. The monoisotopic (exact) mass is 395 g/mol. The van der Waals surface area contributed by atoms with Crippen LogP contribution in [0.5, 0.6) is 0 Å². The van der Waals surface area contributed by atoms with E-state index in [0.717, 1.165) is 37.4 Å². The van der Waals surface area contributed by atoms with Crippen LogP contribution < -0.4 is 5.32 Å². The summed E-state index contributed by atoms with van der Waals surface area (Å²) in [7, 11) is 1.67. The third-order valence-corrected chi connectivity index (χ3v) is 5.03. The van der Waals surface area contributed by atoms with Gasteiger partial charge in [0.25, 0.3) is 0 Å². The Kier molecular flexibility index (Phi) is 6.95. The summed E-state index contributed by atoms with van der Waals surface area (Å²) in [4.78, 5) is 27.3. The van der Waals surface area contributed by atoms with E-state index in [0.29, 0.717) is 6.04 Å². The minimum absolute atomic E-state index is 0.0109. The van der Waals surface area contributed by atoms with Crippen molar-refractivity contribution in [3.63, 3.8) is 0 Å². The van der Waals surface area contributed by atoms with Gasteiger partial charge in [0.15, 0.2) is 0 Å². The summed E-state index contributed by atoms with van der Waals surface area (Å²) in [5, 5.41) is 13.0. The van der Waals surface area contributed by atoms with Crippen molar-refractivity contribution in [1.29, 1.82) is 0 Å². The molecule has 0 radical (unpaired) electrons. The number of nitrogens with one attached hydrogen (secondary N) is 1. The van der Waals surface area contributed by atoms with Gasteiger partial charge >= 0.3 is 12.1 Å². The number of halogens is 3. The minimum atomic E-state index is -5.08. The highest BCUT2D eigenvalue weighted by Crippen LogP contribution is 2.32. The Morgan fingerprint density at radius 3 is 2.65 bits per heavy atom. The summed E-state index contributed by atoms with van der Waals surface area (Å²) >= 11 is 1.70. The second-order valence-corrected chi connectivity index (χ2v) is 6.89. The van der Waals surface area contributed by atoms with E-state index >= 15 is 0 Å². The molecule has 0 aliphatic carbocycles. The molecule has 1 aromatic heterocycles. The van der Waals surface area contributed by atoms with Crippen LogP contribution in [-0.2, 0) is 20.9 Å². The molecule has 1 amide bonds. The van der Waals surface area contributed by atoms with Crippen molar-refractivity contribution >= 4 is 23.2 Å². The SMILES string of the molecule is CNC(=O)[C@@H]1CC[C@@H]2[C@@H](CCN2Cc2nccs2)O1.O=C(O)C(F)(F)F. The van der Waals surface area contributed by atoms with E-state index in [1.54, 1.807) is 18.4 Å². The third-order valence-electron chi connectivity index (χ3n) is 4.27. The zero-order chi connectivity index (χ0) is 19.3. The number of hydrogen-bond donors (Lipinski definition) is 2. The van der Waals surface area contributed by atoms with Crippen LogP contribution in [0.2, 0.25) is 0 Å². The maximum atomic E-state index is 11.6. The summed E-state index contributed by atoms with van der Waals surface area (Å²) in [6.45, 7) is 1.95. The first-order chi connectivity index (χ1) is 12.2. The van der Waals surface area contributed by atoms with Gasteiger partial charge < -0.3 is 15.2 Å². The van der Waals surface area contributed by atoms with Crippen LogP contribution in [0.4, 0.5) is 13.2 Å². The van der Waals surface area contributed by atoms with Crippen molar-refractivity contribution in [1.82, 2.24) is 15.2 Å². The molecule has 2 aliphatic heterocycles. The van der Waals surface area contributed by atoms with Gasteiger partial charge in [-0.15, -0.1) is 11.3 Å².